The summed E-state index contributed by atoms with van der Waals surface area (Å²) in [4.78, 5) is 13.5. The van der Waals surface area contributed by atoms with Gasteiger partial charge < -0.3 is 4.90 Å². The quantitative estimate of drug-likeness (QED) is 0.647. The highest BCUT2D eigenvalue weighted by Gasteiger charge is 2.34. The number of hydrogen-bond acceptors (Lipinski definition) is 1. The van der Waals surface area contributed by atoms with Gasteiger partial charge in [0.05, 0.1) is 0 Å². The van der Waals surface area contributed by atoms with Crippen LogP contribution in [0.3, 0.4) is 0 Å². The van der Waals surface area contributed by atoms with Crippen molar-refractivity contribution >= 4 is 5.91 Å². The second kappa shape index (κ2) is 4.12. The predicted molar refractivity (Wildman–Crippen MR) is 56.5 cm³/mol. The summed E-state index contributed by atoms with van der Waals surface area (Å²) in [5.74, 6) is 0.750. The maximum Gasteiger partial charge on any atom is 0.225 e. The summed E-state index contributed by atoms with van der Waals surface area (Å²) in [6.45, 7) is 10.6. The molecule has 0 unspecified atom stereocenters. The zero-order valence-electron chi connectivity index (χ0n) is 10.0. The Bertz CT molecular complexity index is 177. The summed E-state index contributed by atoms with van der Waals surface area (Å²) in [5.41, 5.74) is 0.0511. The van der Waals surface area contributed by atoms with E-state index in [1.807, 2.05) is 14.1 Å². The van der Waals surface area contributed by atoms with Crippen molar-refractivity contribution in [3.8, 4) is 0 Å². The van der Waals surface area contributed by atoms with Crippen molar-refractivity contribution in [2.24, 2.45) is 17.3 Å². The van der Waals surface area contributed by atoms with Crippen LogP contribution in [0.4, 0.5) is 0 Å². The molecule has 0 aliphatic heterocycles. The summed E-state index contributed by atoms with van der Waals surface area (Å²) in [5, 5.41) is 0. The highest BCUT2D eigenvalue weighted by atomic mass is 16.2. The van der Waals surface area contributed by atoms with E-state index in [1.165, 1.54) is 0 Å². The SMILES string of the molecule is CC(C)[C@H](C(=O)N(C)C)C(C)(C)C. The molecule has 0 N–H and O–H groups in total. The fourth-order valence-corrected chi connectivity index (χ4v) is 1.93. The lowest BCUT2D eigenvalue weighted by atomic mass is 9.73. The molecule has 0 aliphatic carbocycles. The van der Waals surface area contributed by atoms with Gasteiger partial charge in [-0.25, -0.2) is 0 Å². The van der Waals surface area contributed by atoms with Crippen molar-refractivity contribution < 1.29 is 4.79 Å². The van der Waals surface area contributed by atoms with Crippen LogP contribution in [-0.2, 0) is 4.79 Å². The molecule has 0 spiro atoms. The van der Waals surface area contributed by atoms with Crippen molar-refractivity contribution in [1.82, 2.24) is 4.90 Å². The second-order valence-electron chi connectivity index (χ2n) is 5.32. The molecule has 0 bridgehead atoms. The van der Waals surface area contributed by atoms with E-state index in [4.69, 9.17) is 0 Å². The van der Waals surface area contributed by atoms with Crippen LogP contribution in [0.2, 0.25) is 0 Å². The Morgan fingerprint density at radius 3 is 1.62 bits per heavy atom. The molecule has 0 aromatic carbocycles. The Morgan fingerprint density at radius 1 is 1.15 bits per heavy atom. The fourth-order valence-electron chi connectivity index (χ4n) is 1.93. The molecule has 0 heterocycles. The molecule has 0 saturated heterocycles. The molecule has 2 heteroatoms. The average molecular weight is 185 g/mol. The van der Waals surface area contributed by atoms with Crippen molar-refractivity contribution in [2.75, 3.05) is 14.1 Å². The molecule has 1 amide bonds. The van der Waals surface area contributed by atoms with Gasteiger partial charge in [-0.05, 0) is 11.3 Å². The van der Waals surface area contributed by atoms with Gasteiger partial charge in [0, 0.05) is 20.0 Å². The van der Waals surface area contributed by atoms with Crippen LogP contribution in [0.5, 0.6) is 0 Å². The Balaban J connectivity index is 4.73. The van der Waals surface area contributed by atoms with Gasteiger partial charge in [0.2, 0.25) is 5.91 Å². The lowest BCUT2D eigenvalue weighted by Gasteiger charge is -2.34. The molecule has 0 fully saturated rings. The van der Waals surface area contributed by atoms with E-state index in [9.17, 15) is 4.79 Å². The first-order chi connectivity index (χ1) is 5.68. The van der Waals surface area contributed by atoms with E-state index in [2.05, 4.69) is 34.6 Å². The van der Waals surface area contributed by atoms with E-state index in [1.54, 1.807) is 4.90 Å². The van der Waals surface area contributed by atoms with Crippen LogP contribution in [0.1, 0.15) is 34.6 Å². The number of carbonyl (C=O) groups excluding carboxylic acids is 1. The standard InChI is InChI=1S/C11H23NO/c1-8(2)9(11(3,4)5)10(13)12(6)7/h8-9H,1-7H3/t9-/m1/s1. The number of amides is 1. The summed E-state index contributed by atoms with van der Waals surface area (Å²) in [7, 11) is 3.65. The van der Waals surface area contributed by atoms with Crippen LogP contribution in [0.15, 0.2) is 0 Å². The third-order valence-corrected chi connectivity index (χ3v) is 2.31. The van der Waals surface area contributed by atoms with Crippen molar-refractivity contribution in [3.63, 3.8) is 0 Å². The predicted octanol–water partition coefficient (Wildman–Crippen LogP) is 2.39. The Labute approximate surface area is 82.3 Å². The highest BCUT2D eigenvalue weighted by Crippen LogP contribution is 2.32. The summed E-state index contributed by atoms with van der Waals surface area (Å²) in [6.07, 6.45) is 0. The van der Waals surface area contributed by atoms with Gasteiger partial charge in [-0.2, -0.15) is 0 Å². The van der Waals surface area contributed by atoms with Crippen LogP contribution < -0.4 is 0 Å². The third-order valence-electron chi connectivity index (χ3n) is 2.31. The first kappa shape index (κ1) is 12.5. The van der Waals surface area contributed by atoms with Crippen molar-refractivity contribution in [3.05, 3.63) is 0 Å². The summed E-state index contributed by atoms with van der Waals surface area (Å²) < 4.78 is 0. The lowest BCUT2D eigenvalue weighted by molar-refractivity contribution is -0.138. The largest absolute Gasteiger partial charge is 0.349 e. The summed E-state index contributed by atoms with van der Waals surface area (Å²) >= 11 is 0. The molecule has 0 radical (unpaired) electrons. The monoisotopic (exact) mass is 185 g/mol. The van der Waals surface area contributed by atoms with Gasteiger partial charge in [-0.3, -0.25) is 4.79 Å². The Hall–Kier alpha value is -0.530. The Kier molecular flexibility index (Phi) is 3.95. The van der Waals surface area contributed by atoms with E-state index in [-0.39, 0.29) is 17.2 Å². The van der Waals surface area contributed by atoms with E-state index >= 15 is 0 Å². The van der Waals surface area contributed by atoms with Crippen LogP contribution >= 0.6 is 0 Å². The minimum Gasteiger partial charge on any atom is -0.349 e. The van der Waals surface area contributed by atoms with Crippen LogP contribution in [-0.4, -0.2) is 24.9 Å². The first-order valence-electron chi connectivity index (χ1n) is 4.89. The Morgan fingerprint density at radius 2 is 1.54 bits per heavy atom. The number of carbonyl (C=O) groups is 1. The molecule has 0 rings (SSSR count). The maximum absolute atomic E-state index is 11.9. The second-order valence-corrected chi connectivity index (χ2v) is 5.32. The molecular formula is C11H23NO. The van der Waals surface area contributed by atoms with E-state index in [0.29, 0.717) is 5.92 Å². The van der Waals surface area contributed by atoms with Gasteiger partial charge in [0.15, 0.2) is 0 Å². The molecule has 0 saturated carbocycles. The minimum absolute atomic E-state index is 0.0511. The van der Waals surface area contributed by atoms with Crippen LogP contribution in [0, 0.1) is 17.3 Å². The smallest absolute Gasteiger partial charge is 0.225 e. The van der Waals surface area contributed by atoms with Gasteiger partial charge in [-0.15, -0.1) is 0 Å². The van der Waals surface area contributed by atoms with Gasteiger partial charge in [0.25, 0.3) is 0 Å². The topological polar surface area (TPSA) is 20.3 Å². The molecule has 0 aliphatic rings. The third kappa shape index (κ3) is 3.37. The fraction of sp³-hybridized carbons (Fsp3) is 0.909. The maximum atomic E-state index is 11.9. The molecule has 1 atom stereocenters. The van der Waals surface area contributed by atoms with Crippen molar-refractivity contribution in [2.45, 2.75) is 34.6 Å². The number of nitrogens with zero attached hydrogens (tertiary/aromatic N) is 1. The molecule has 2 nitrogen and oxygen atoms in total. The molecule has 13 heavy (non-hydrogen) atoms. The average Bonchev–Trinajstić information content (AvgIpc) is 1.82. The van der Waals surface area contributed by atoms with Crippen LogP contribution in [0.25, 0.3) is 0 Å². The molecular weight excluding hydrogens is 162 g/mol. The van der Waals surface area contributed by atoms with Crippen molar-refractivity contribution in [1.29, 1.82) is 0 Å². The first-order valence-corrected chi connectivity index (χ1v) is 4.89. The summed E-state index contributed by atoms with van der Waals surface area (Å²) in [6, 6.07) is 0. The molecule has 0 aromatic rings. The molecule has 0 aromatic heterocycles. The zero-order valence-corrected chi connectivity index (χ0v) is 10.0. The lowest BCUT2D eigenvalue weighted by Crippen LogP contribution is -2.40. The highest BCUT2D eigenvalue weighted by molar-refractivity contribution is 5.79. The van der Waals surface area contributed by atoms with E-state index < -0.39 is 0 Å². The minimum atomic E-state index is 0.0511. The van der Waals surface area contributed by atoms with E-state index in [0.717, 1.165) is 0 Å². The number of hydrogen-bond donors (Lipinski definition) is 0. The van der Waals surface area contributed by atoms with Gasteiger partial charge in [-0.1, -0.05) is 34.6 Å². The van der Waals surface area contributed by atoms with Gasteiger partial charge in [0.1, 0.15) is 0 Å². The molecule has 78 valence electrons. The zero-order chi connectivity index (χ0) is 10.8. The van der Waals surface area contributed by atoms with Gasteiger partial charge >= 0.3 is 0 Å². The number of rotatable bonds is 2. The normalized spacial score (nSPS) is 14.5.